The first-order chi connectivity index (χ1) is 9.11. The molecule has 1 atom stereocenters. The molecular weight excluding hydrogens is 246 g/mol. The number of carbonyl (C=O) groups excluding carboxylic acids is 1. The van der Waals surface area contributed by atoms with Crippen LogP contribution in [0.1, 0.15) is 12.0 Å². The Morgan fingerprint density at radius 2 is 2.05 bits per heavy atom. The van der Waals surface area contributed by atoms with Crippen LogP contribution in [0.2, 0.25) is 0 Å². The summed E-state index contributed by atoms with van der Waals surface area (Å²) >= 11 is 0. The van der Waals surface area contributed by atoms with Crippen LogP contribution in [0, 0.1) is 6.92 Å². The van der Waals surface area contributed by atoms with Crippen molar-refractivity contribution in [1.82, 2.24) is 5.32 Å². The number of benzene rings is 1. The van der Waals surface area contributed by atoms with E-state index in [0.29, 0.717) is 18.7 Å². The first-order valence-corrected chi connectivity index (χ1v) is 6.25. The number of hydrogen-bond acceptors (Lipinski definition) is 4. The zero-order chi connectivity index (χ0) is 14.1. The van der Waals surface area contributed by atoms with Crippen LogP contribution < -0.4 is 10.1 Å². The fourth-order valence-electron chi connectivity index (χ4n) is 1.49. The predicted octanol–water partition coefficient (Wildman–Crippen LogP) is 0.887. The van der Waals surface area contributed by atoms with Crippen LogP contribution in [0.3, 0.4) is 0 Å². The lowest BCUT2D eigenvalue weighted by molar-refractivity contribution is -0.123. The van der Waals surface area contributed by atoms with Crippen molar-refractivity contribution in [1.29, 1.82) is 0 Å². The molecule has 0 aliphatic rings. The number of hydrogen-bond donors (Lipinski definition) is 2. The molecule has 2 N–H and O–H groups in total. The van der Waals surface area contributed by atoms with Gasteiger partial charge in [-0.25, -0.2) is 0 Å². The van der Waals surface area contributed by atoms with Crippen LogP contribution in [0.4, 0.5) is 0 Å². The lowest BCUT2D eigenvalue weighted by Gasteiger charge is -2.10. The number of rotatable bonds is 8. The lowest BCUT2D eigenvalue weighted by Crippen LogP contribution is -2.32. The molecule has 1 aromatic rings. The SMILES string of the molecule is COCC(O)CCNC(=O)COc1ccc(C)cc1. The van der Waals surface area contributed by atoms with Crippen molar-refractivity contribution >= 4 is 5.91 Å². The average molecular weight is 267 g/mol. The molecule has 1 amide bonds. The fourth-order valence-corrected chi connectivity index (χ4v) is 1.49. The topological polar surface area (TPSA) is 67.8 Å². The van der Waals surface area contributed by atoms with Crippen LogP contribution in [0.25, 0.3) is 0 Å². The minimum absolute atomic E-state index is 0.0244. The Balaban J connectivity index is 2.16. The van der Waals surface area contributed by atoms with Crippen molar-refractivity contribution in [3.63, 3.8) is 0 Å². The molecule has 1 aromatic carbocycles. The van der Waals surface area contributed by atoms with Gasteiger partial charge in [-0.05, 0) is 25.5 Å². The zero-order valence-electron chi connectivity index (χ0n) is 11.4. The molecule has 0 saturated heterocycles. The smallest absolute Gasteiger partial charge is 0.257 e. The molecule has 106 valence electrons. The normalized spacial score (nSPS) is 11.9. The summed E-state index contributed by atoms with van der Waals surface area (Å²) in [6, 6.07) is 7.50. The summed E-state index contributed by atoms with van der Waals surface area (Å²) in [5, 5.41) is 12.1. The van der Waals surface area contributed by atoms with Crippen molar-refractivity contribution in [2.45, 2.75) is 19.4 Å². The van der Waals surface area contributed by atoms with Gasteiger partial charge in [-0.15, -0.1) is 0 Å². The number of amides is 1. The van der Waals surface area contributed by atoms with Crippen molar-refractivity contribution in [2.75, 3.05) is 26.9 Å². The molecule has 0 aliphatic heterocycles. The van der Waals surface area contributed by atoms with Gasteiger partial charge in [-0.3, -0.25) is 4.79 Å². The molecule has 0 bridgehead atoms. The highest BCUT2D eigenvalue weighted by Crippen LogP contribution is 2.10. The highest BCUT2D eigenvalue weighted by Gasteiger charge is 2.06. The third-order valence-corrected chi connectivity index (χ3v) is 2.55. The quantitative estimate of drug-likeness (QED) is 0.734. The fraction of sp³-hybridized carbons (Fsp3) is 0.500. The van der Waals surface area contributed by atoms with E-state index in [1.54, 1.807) is 0 Å². The van der Waals surface area contributed by atoms with Gasteiger partial charge in [0.1, 0.15) is 5.75 Å². The van der Waals surface area contributed by atoms with E-state index >= 15 is 0 Å². The third-order valence-electron chi connectivity index (χ3n) is 2.55. The summed E-state index contributed by atoms with van der Waals surface area (Å²) in [6.45, 7) is 2.64. The number of aliphatic hydroxyl groups is 1. The van der Waals surface area contributed by atoms with Crippen molar-refractivity contribution in [3.05, 3.63) is 29.8 Å². The van der Waals surface area contributed by atoms with E-state index in [0.717, 1.165) is 5.56 Å². The summed E-state index contributed by atoms with van der Waals surface area (Å²) in [5.74, 6) is 0.463. The molecule has 0 heterocycles. The third kappa shape index (κ3) is 6.79. The number of aliphatic hydroxyl groups excluding tert-OH is 1. The molecule has 19 heavy (non-hydrogen) atoms. The Labute approximate surface area is 113 Å². The minimum atomic E-state index is -0.552. The Hall–Kier alpha value is -1.59. The zero-order valence-corrected chi connectivity index (χ0v) is 11.4. The van der Waals surface area contributed by atoms with Crippen molar-refractivity contribution < 1.29 is 19.4 Å². The highest BCUT2D eigenvalue weighted by atomic mass is 16.5. The van der Waals surface area contributed by atoms with Crippen LogP contribution >= 0.6 is 0 Å². The van der Waals surface area contributed by atoms with Gasteiger partial charge in [0.15, 0.2) is 6.61 Å². The van der Waals surface area contributed by atoms with E-state index in [1.807, 2.05) is 31.2 Å². The molecular formula is C14H21NO4. The van der Waals surface area contributed by atoms with E-state index in [1.165, 1.54) is 7.11 Å². The predicted molar refractivity (Wildman–Crippen MR) is 72.2 cm³/mol. The second-order valence-electron chi connectivity index (χ2n) is 4.35. The molecule has 0 aliphatic carbocycles. The number of aryl methyl sites for hydroxylation is 1. The monoisotopic (exact) mass is 267 g/mol. The molecule has 1 rings (SSSR count). The maximum Gasteiger partial charge on any atom is 0.257 e. The molecule has 0 spiro atoms. The maximum absolute atomic E-state index is 11.5. The van der Waals surface area contributed by atoms with E-state index < -0.39 is 6.10 Å². The number of nitrogens with one attached hydrogen (secondary N) is 1. The van der Waals surface area contributed by atoms with Gasteiger partial charge in [0.25, 0.3) is 5.91 Å². The van der Waals surface area contributed by atoms with Gasteiger partial charge in [-0.1, -0.05) is 17.7 Å². The molecule has 1 unspecified atom stereocenters. The Kier molecular flexibility index (Phi) is 6.92. The van der Waals surface area contributed by atoms with Gasteiger partial charge in [0, 0.05) is 13.7 Å². The Morgan fingerprint density at radius 1 is 1.37 bits per heavy atom. The van der Waals surface area contributed by atoms with Crippen LogP contribution in [0.15, 0.2) is 24.3 Å². The van der Waals surface area contributed by atoms with E-state index in [-0.39, 0.29) is 19.1 Å². The summed E-state index contributed by atoms with van der Waals surface area (Å²) in [4.78, 5) is 11.5. The summed E-state index contributed by atoms with van der Waals surface area (Å²) in [6.07, 6.45) is -0.0901. The summed E-state index contributed by atoms with van der Waals surface area (Å²) < 4.78 is 10.1. The van der Waals surface area contributed by atoms with Crippen molar-refractivity contribution in [2.24, 2.45) is 0 Å². The van der Waals surface area contributed by atoms with Gasteiger partial charge < -0.3 is 19.9 Å². The largest absolute Gasteiger partial charge is 0.484 e. The van der Waals surface area contributed by atoms with Crippen molar-refractivity contribution in [3.8, 4) is 5.75 Å². The second kappa shape index (κ2) is 8.50. The number of ether oxygens (including phenoxy) is 2. The second-order valence-corrected chi connectivity index (χ2v) is 4.35. The van der Waals surface area contributed by atoms with Crippen LogP contribution in [0.5, 0.6) is 5.75 Å². The molecule has 0 aromatic heterocycles. The lowest BCUT2D eigenvalue weighted by atomic mass is 10.2. The maximum atomic E-state index is 11.5. The summed E-state index contributed by atoms with van der Waals surface area (Å²) in [5.41, 5.74) is 1.14. The standard InChI is InChI=1S/C14H21NO4/c1-11-3-5-13(6-4-11)19-10-14(17)15-8-7-12(16)9-18-2/h3-6,12,16H,7-10H2,1-2H3,(H,15,17). The minimum Gasteiger partial charge on any atom is -0.484 e. The molecule has 0 saturated carbocycles. The van der Waals surface area contributed by atoms with Gasteiger partial charge >= 0.3 is 0 Å². The first-order valence-electron chi connectivity index (χ1n) is 6.25. The van der Waals surface area contributed by atoms with Crippen LogP contribution in [-0.2, 0) is 9.53 Å². The highest BCUT2D eigenvalue weighted by molar-refractivity contribution is 5.77. The number of methoxy groups -OCH3 is 1. The van der Waals surface area contributed by atoms with Gasteiger partial charge in [0.2, 0.25) is 0 Å². The van der Waals surface area contributed by atoms with E-state index in [9.17, 15) is 9.90 Å². The molecule has 5 nitrogen and oxygen atoms in total. The molecule has 5 heteroatoms. The van der Waals surface area contributed by atoms with Crippen LogP contribution in [-0.4, -0.2) is 44.0 Å². The Bertz CT molecular complexity index is 378. The van der Waals surface area contributed by atoms with Gasteiger partial charge in [-0.2, -0.15) is 0 Å². The van der Waals surface area contributed by atoms with E-state index in [2.05, 4.69) is 5.32 Å². The Morgan fingerprint density at radius 3 is 2.68 bits per heavy atom. The summed E-state index contributed by atoms with van der Waals surface area (Å²) in [7, 11) is 1.53. The molecule has 0 radical (unpaired) electrons. The average Bonchev–Trinajstić information content (AvgIpc) is 2.38. The van der Waals surface area contributed by atoms with E-state index in [4.69, 9.17) is 9.47 Å². The first kappa shape index (κ1) is 15.5. The number of carbonyl (C=O) groups is 1. The molecule has 0 fully saturated rings. The van der Waals surface area contributed by atoms with Gasteiger partial charge in [0.05, 0.1) is 12.7 Å².